The molecule has 2 amide bonds. The van der Waals surface area contributed by atoms with Gasteiger partial charge in [-0.15, -0.1) is 0 Å². The van der Waals surface area contributed by atoms with Gasteiger partial charge in [0.15, 0.2) is 5.78 Å². The van der Waals surface area contributed by atoms with Crippen molar-refractivity contribution in [3.05, 3.63) is 90.0 Å². The highest BCUT2D eigenvalue weighted by atomic mass is 32.2. The summed E-state index contributed by atoms with van der Waals surface area (Å²) in [7, 11) is 1.10. The lowest BCUT2D eigenvalue weighted by molar-refractivity contribution is -0.311. The maximum atomic E-state index is 13.1. The average Bonchev–Trinajstić information content (AvgIpc) is 3.17. The number of carbonyl (C=O) groups is 5. The Morgan fingerprint density at radius 2 is 1.56 bits per heavy atom. The first kappa shape index (κ1) is 42.1. The number of aromatic carboxylic acids is 1. The summed E-state index contributed by atoms with van der Waals surface area (Å²) in [6.07, 6.45) is -6.55. The lowest BCUT2D eigenvalue weighted by Gasteiger charge is -2.47. The summed E-state index contributed by atoms with van der Waals surface area (Å²) in [6, 6.07) is 21.2. The second-order valence-corrected chi connectivity index (χ2v) is 14.0. The van der Waals surface area contributed by atoms with Gasteiger partial charge in [-0.3, -0.25) is 14.4 Å². The van der Waals surface area contributed by atoms with E-state index in [9.17, 15) is 39.3 Å². The third-order valence-electron chi connectivity index (χ3n) is 8.81. The minimum Gasteiger partial charge on any atom is -0.478 e. The summed E-state index contributed by atoms with van der Waals surface area (Å²) in [4.78, 5) is 61.4. The predicted octanol–water partition coefficient (Wildman–Crippen LogP) is 3.43. The standard InChI is InChI=1S/C39H46N2O12S/c1-24(42)40-34-32(45)23-39(38(50)51-2,52-20-6-21-54-22-19-33(46)41-29-15-13-28(14-16-29)37(48)49)53-36(34)35(47)31(44)18-17-30(43)27-11-9-26(10-12-27)25-7-4-3-5-8-25/h3-5,7-16,31-32,34-36,44-45,47H,6,17-23H2,1-2H3,(H,40,42)(H,41,46)(H,48,49)/t31-,32-,34-,35-,36?,39-/m1/s1. The number of thioether (sulfide) groups is 1. The van der Waals surface area contributed by atoms with E-state index in [1.165, 1.54) is 43.0 Å². The summed E-state index contributed by atoms with van der Waals surface area (Å²) in [5.74, 6) is -4.36. The Bertz CT molecular complexity index is 1720. The van der Waals surface area contributed by atoms with E-state index in [0.29, 0.717) is 29.2 Å². The molecule has 15 heteroatoms. The number of hydrogen-bond acceptors (Lipinski definition) is 12. The van der Waals surface area contributed by atoms with E-state index in [1.807, 2.05) is 42.5 Å². The number of benzene rings is 3. The number of anilines is 1. The molecule has 6 atom stereocenters. The Morgan fingerprint density at radius 1 is 0.907 bits per heavy atom. The second-order valence-electron chi connectivity index (χ2n) is 12.8. The van der Waals surface area contributed by atoms with Crippen LogP contribution in [0.1, 0.15) is 59.7 Å². The number of carboxylic acids is 1. The highest BCUT2D eigenvalue weighted by molar-refractivity contribution is 7.99. The molecule has 1 aliphatic rings. The zero-order valence-electron chi connectivity index (χ0n) is 30.0. The number of rotatable bonds is 19. The minimum atomic E-state index is -2.19. The highest BCUT2D eigenvalue weighted by Gasteiger charge is 2.56. The SMILES string of the molecule is COC(=O)[C@@]1(OCCCSCCC(=O)Nc2ccc(C(=O)O)cc2)C[C@@H](O)[C@@H](NC(C)=O)C([C@H](O)[C@H](O)CCC(=O)c2ccc(-c3ccccc3)cc2)O1. The van der Waals surface area contributed by atoms with Crippen molar-refractivity contribution in [2.75, 3.05) is 30.5 Å². The van der Waals surface area contributed by atoms with Crippen LogP contribution >= 0.6 is 11.8 Å². The van der Waals surface area contributed by atoms with Crippen molar-refractivity contribution in [1.29, 1.82) is 0 Å². The normalized spacial score (nSPS) is 20.6. The van der Waals surface area contributed by atoms with Crippen LogP contribution in [0.15, 0.2) is 78.9 Å². The zero-order valence-corrected chi connectivity index (χ0v) is 30.8. The molecule has 1 saturated heterocycles. The van der Waals surface area contributed by atoms with E-state index in [2.05, 4.69) is 10.6 Å². The number of aliphatic hydroxyl groups is 3. The minimum absolute atomic E-state index is 0.0509. The topological polar surface area (TPSA) is 218 Å². The molecule has 0 bridgehead atoms. The molecule has 0 aromatic heterocycles. The number of hydrogen-bond donors (Lipinski definition) is 6. The molecule has 1 heterocycles. The molecular weight excluding hydrogens is 720 g/mol. The number of aliphatic hydroxyl groups excluding tert-OH is 3. The van der Waals surface area contributed by atoms with E-state index in [1.54, 1.807) is 12.1 Å². The Kier molecular flexibility index (Phi) is 15.7. The van der Waals surface area contributed by atoms with Gasteiger partial charge in [-0.1, -0.05) is 54.6 Å². The van der Waals surface area contributed by atoms with Crippen molar-refractivity contribution in [2.24, 2.45) is 0 Å². The van der Waals surface area contributed by atoms with Crippen molar-refractivity contribution in [3.63, 3.8) is 0 Å². The summed E-state index contributed by atoms with van der Waals surface area (Å²) < 4.78 is 16.8. The van der Waals surface area contributed by atoms with Crippen LogP contribution in [0.3, 0.4) is 0 Å². The maximum Gasteiger partial charge on any atom is 0.366 e. The van der Waals surface area contributed by atoms with Crippen molar-refractivity contribution < 1.29 is 58.6 Å². The average molecular weight is 767 g/mol. The molecule has 1 fully saturated rings. The number of Topliss-reactive ketones (excluding diaryl/α,β-unsaturated/α-hetero) is 1. The summed E-state index contributed by atoms with van der Waals surface area (Å²) in [6.45, 7) is 1.15. The third kappa shape index (κ3) is 11.7. The fourth-order valence-electron chi connectivity index (χ4n) is 5.97. The summed E-state index contributed by atoms with van der Waals surface area (Å²) in [5, 5.41) is 47.7. The van der Waals surface area contributed by atoms with Gasteiger partial charge in [0.25, 0.3) is 5.79 Å². The fourth-order valence-corrected chi connectivity index (χ4v) is 6.83. The van der Waals surface area contributed by atoms with Crippen LogP contribution < -0.4 is 10.6 Å². The van der Waals surface area contributed by atoms with Crippen molar-refractivity contribution >= 4 is 47.0 Å². The van der Waals surface area contributed by atoms with Crippen molar-refractivity contribution in [3.8, 4) is 11.1 Å². The Morgan fingerprint density at radius 3 is 2.19 bits per heavy atom. The number of amides is 2. The Balaban J connectivity index is 1.31. The van der Waals surface area contributed by atoms with E-state index in [0.717, 1.165) is 18.2 Å². The van der Waals surface area contributed by atoms with Crippen LogP contribution in [0, 0.1) is 0 Å². The molecule has 4 rings (SSSR count). The summed E-state index contributed by atoms with van der Waals surface area (Å²) >= 11 is 1.45. The van der Waals surface area contributed by atoms with Gasteiger partial charge in [-0.2, -0.15) is 11.8 Å². The number of carboxylic acid groups (broad SMARTS) is 1. The van der Waals surface area contributed by atoms with Crippen LogP contribution in [0.2, 0.25) is 0 Å². The molecule has 0 radical (unpaired) electrons. The van der Waals surface area contributed by atoms with E-state index < -0.39 is 60.5 Å². The van der Waals surface area contributed by atoms with Crippen LogP contribution in [0.4, 0.5) is 5.69 Å². The van der Waals surface area contributed by atoms with Gasteiger partial charge in [0, 0.05) is 43.2 Å². The number of ketones is 1. The lowest BCUT2D eigenvalue weighted by Crippen LogP contribution is -2.67. The van der Waals surface area contributed by atoms with Gasteiger partial charge in [0.1, 0.15) is 12.2 Å². The van der Waals surface area contributed by atoms with Crippen LogP contribution in [-0.4, -0.2) is 111 Å². The maximum absolute atomic E-state index is 13.1. The highest BCUT2D eigenvalue weighted by Crippen LogP contribution is 2.35. The van der Waals surface area contributed by atoms with Gasteiger partial charge < -0.3 is 45.3 Å². The van der Waals surface area contributed by atoms with Crippen molar-refractivity contribution in [1.82, 2.24) is 5.32 Å². The number of nitrogens with one attached hydrogen (secondary N) is 2. The molecule has 1 aliphatic heterocycles. The Hall–Kier alpha value is -4.64. The molecule has 0 aliphatic carbocycles. The summed E-state index contributed by atoms with van der Waals surface area (Å²) in [5.41, 5.74) is 2.92. The first-order valence-electron chi connectivity index (χ1n) is 17.4. The van der Waals surface area contributed by atoms with E-state index in [-0.39, 0.29) is 43.1 Å². The molecule has 0 spiro atoms. The van der Waals surface area contributed by atoms with Crippen molar-refractivity contribution in [2.45, 2.75) is 75.3 Å². The lowest BCUT2D eigenvalue weighted by atomic mass is 9.87. The zero-order chi connectivity index (χ0) is 39.3. The Labute approximate surface area is 317 Å². The quantitative estimate of drug-likeness (QED) is 0.0586. The molecular formula is C39H46N2O12S. The van der Waals surface area contributed by atoms with Crippen LogP contribution in [-0.2, 0) is 28.6 Å². The molecule has 6 N–H and O–H groups in total. The predicted molar refractivity (Wildman–Crippen MR) is 200 cm³/mol. The number of esters is 1. The molecule has 14 nitrogen and oxygen atoms in total. The first-order valence-corrected chi connectivity index (χ1v) is 18.6. The number of carbonyl (C=O) groups excluding carboxylic acids is 4. The third-order valence-corrected chi connectivity index (χ3v) is 9.88. The molecule has 3 aromatic rings. The van der Waals surface area contributed by atoms with Crippen LogP contribution in [0.5, 0.6) is 0 Å². The fraction of sp³-hybridized carbons (Fsp3) is 0.410. The van der Waals surface area contributed by atoms with E-state index in [4.69, 9.17) is 19.3 Å². The first-order chi connectivity index (χ1) is 25.8. The second kappa shape index (κ2) is 20.2. The molecule has 0 saturated carbocycles. The van der Waals surface area contributed by atoms with Gasteiger partial charge >= 0.3 is 11.9 Å². The van der Waals surface area contributed by atoms with Gasteiger partial charge in [-0.25, -0.2) is 9.59 Å². The molecule has 1 unspecified atom stereocenters. The largest absolute Gasteiger partial charge is 0.478 e. The van der Waals surface area contributed by atoms with Gasteiger partial charge in [0.05, 0.1) is 37.5 Å². The monoisotopic (exact) mass is 766 g/mol. The van der Waals surface area contributed by atoms with Gasteiger partial charge in [-0.05, 0) is 54.0 Å². The number of methoxy groups -OCH3 is 1. The molecule has 54 heavy (non-hydrogen) atoms. The smallest absolute Gasteiger partial charge is 0.366 e. The molecule has 3 aromatic carbocycles. The van der Waals surface area contributed by atoms with Gasteiger partial charge in [0.2, 0.25) is 11.8 Å². The number of ether oxygens (including phenoxy) is 3. The molecule has 290 valence electrons. The van der Waals surface area contributed by atoms with E-state index >= 15 is 0 Å². The van der Waals surface area contributed by atoms with Crippen LogP contribution in [0.25, 0.3) is 11.1 Å².